The molecule has 1 atom stereocenters. The number of hydrogen-bond donors (Lipinski definition) is 0. The summed E-state index contributed by atoms with van der Waals surface area (Å²) in [5.74, 6) is -0.823. The molecule has 0 saturated heterocycles. The zero-order valence-corrected chi connectivity index (χ0v) is 14.1. The van der Waals surface area contributed by atoms with Crippen LogP contribution in [0.3, 0.4) is 0 Å². The highest BCUT2D eigenvalue weighted by Crippen LogP contribution is 2.13. The second kappa shape index (κ2) is 8.11. The van der Waals surface area contributed by atoms with Crippen molar-refractivity contribution in [3.8, 4) is 0 Å². The molecule has 0 radical (unpaired) electrons. The van der Waals surface area contributed by atoms with Gasteiger partial charge in [0.2, 0.25) is 0 Å². The molecule has 24 heavy (non-hydrogen) atoms. The average molecular weight is 323 g/mol. The van der Waals surface area contributed by atoms with Crippen LogP contribution in [0, 0.1) is 6.92 Å². The van der Waals surface area contributed by atoms with Gasteiger partial charge < -0.3 is 9.64 Å². The van der Waals surface area contributed by atoms with Gasteiger partial charge in [-0.15, -0.1) is 0 Å². The number of hydrogen-bond acceptors (Lipinski definition) is 3. The highest BCUT2D eigenvalue weighted by Gasteiger charge is 2.21. The molecule has 124 valence electrons. The molecule has 2 aromatic carbocycles. The number of benzene rings is 2. The molecule has 0 aliphatic carbocycles. The molecule has 2 aromatic rings. The lowest BCUT2D eigenvalue weighted by molar-refractivity contribution is -0.148. The van der Waals surface area contributed by atoms with Crippen LogP contribution in [0.15, 0.2) is 60.7 Å². The number of nitrogens with zero attached hydrogens (tertiary/aromatic N) is 1. The van der Waals surface area contributed by atoms with E-state index >= 15 is 0 Å². The van der Waals surface area contributed by atoms with E-state index in [1.807, 2.05) is 61.5 Å². The summed E-state index contributed by atoms with van der Waals surface area (Å²) in [5, 5.41) is 0. The fraction of sp³-hybridized carbons (Fsp3) is 0.200. The lowest BCUT2D eigenvalue weighted by Crippen LogP contribution is -2.37. The summed E-state index contributed by atoms with van der Waals surface area (Å²) in [5.41, 5.74) is 2.80. The molecule has 0 aliphatic rings. The number of amides is 1. The van der Waals surface area contributed by atoms with Crippen LogP contribution in [0.4, 0.5) is 5.69 Å². The molecule has 4 heteroatoms. The van der Waals surface area contributed by atoms with Crippen molar-refractivity contribution >= 4 is 23.6 Å². The van der Waals surface area contributed by atoms with E-state index in [0.29, 0.717) is 0 Å². The zero-order chi connectivity index (χ0) is 17.5. The normalized spacial score (nSPS) is 12.0. The van der Waals surface area contributed by atoms with Gasteiger partial charge in [-0.2, -0.15) is 0 Å². The second-order valence-electron chi connectivity index (χ2n) is 5.56. The predicted octanol–water partition coefficient (Wildman–Crippen LogP) is 3.60. The first-order valence-corrected chi connectivity index (χ1v) is 7.75. The number of likely N-dealkylation sites (N-methyl/N-ethyl adjacent to an activating group) is 1. The third-order valence-electron chi connectivity index (χ3n) is 3.60. The quantitative estimate of drug-likeness (QED) is 0.624. The summed E-state index contributed by atoms with van der Waals surface area (Å²) in [6.45, 7) is 3.57. The van der Waals surface area contributed by atoms with Crippen LogP contribution < -0.4 is 4.90 Å². The van der Waals surface area contributed by atoms with E-state index in [-0.39, 0.29) is 5.91 Å². The number of carbonyl (C=O) groups is 2. The summed E-state index contributed by atoms with van der Waals surface area (Å²) in [4.78, 5) is 25.7. The Hall–Kier alpha value is -2.88. The molecule has 2 rings (SSSR count). The van der Waals surface area contributed by atoms with Crippen molar-refractivity contribution in [1.82, 2.24) is 0 Å². The number of carbonyl (C=O) groups excluding carboxylic acids is 2. The van der Waals surface area contributed by atoms with E-state index in [1.54, 1.807) is 20.0 Å². The van der Waals surface area contributed by atoms with Crippen LogP contribution in [0.1, 0.15) is 18.1 Å². The maximum Gasteiger partial charge on any atom is 0.331 e. The van der Waals surface area contributed by atoms with Crippen molar-refractivity contribution in [2.45, 2.75) is 20.0 Å². The van der Waals surface area contributed by atoms with Gasteiger partial charge in [-0.05, 0) is 37.6 Å². The van der Waals surface area contributed by atoms with Crippen molar-refractivity contribution in [1.29, 1.82) is 0 Å². The first kappa shape index (κ1) is 17.5. The largest absolute Gasteiger partial charge is 0.449 e. The standard InChI is InChI=1S/C20H21NO3/c1-15-9-11-17(12-10-15)13-14-19(22)24-16(2)20(23)21(3)18-7-5-4-6-8-18/h4-14,16H,1-3H3/b14-13+/t16-/m0/s1. The van der Waals surface area contributed by atoms with Crippen LogP contribution in [0.5, 0.6) is 0 Å². The lowest BCUT2D eigenvalue weighted by Gasteiger charge is -2.21. The zero-order valence-electron chi connectivity index (χ0n) is 14.1. The van der Waals surface area contributed by atoms with Gasteiger partial charge >= 0.3 is 5.97 Å². The van der Waals surface area contributed by atoms with Crippen molar-refractivity contribution < 1.29 is 14.3 Å². The molecule has 0 spiro atoms. The lowest BCUT2D eigenvalue weighted by atomic mass is 10.1. The molecular weight excluding hydrogens is 302 g/mol. The van der Waals surface area contributed by atoms with Gasteiger partial charge in [0.15, 0.2) is 6.10 Å². The number of para-hydroxylation sites is 1. The molecule has 1 amide bonds. The Morgan fingerprint density at radius 3 is 2.29 bits per heavy atom. The minimum Gasteiger partial charge on any atom is -0.449 e. The molecule has 0 heterocycles. The summed E-state index contributed by atoms with van der Waals surface area (Å²) in [6, 6.07) is 17.0. The highest BCUT2D eigenvalue weighted by molar-refractivity contribution is 5.98. The third kappa shape index (κ3) is 4.81. The first-order valence-electron chi connectivity index (χ1n) is 7.75. The van der Waals surface area contributed by atoms with Gasteiger partial charge in [-0.3, -0.25) is 4.79 Å². The Kier molecular flexibility index (Phi) is 5.90. The minimum absolute atomic E-state index is 0.279. The predicted molar refractivity (Wildman–Crippen MR) is 95.6 cm³/mol. The summed E-state index contributed by atoms with van der Waals surface area (Å²) in [6.07, 6.45) is 2.14. The van der Waals surface area contributed by atoms with Gasteiger partial charge in [0.05, 0.1) is 0 Å². The van der Waals surface area contributed by atoms with Crippen LogP contribution >= 0.6 is 0 Å². The van der Waals surface area contributed by atoms with E-state index in [0.717, 1.165) is 16.8 Å². The van der Waals surface area contributed by atoms with E-state index in [4.69, 9.17) is 4.74 Å². The summed E-state index contributed by atoms with van der Waals surface area (Å²) >= 11 is 0. The Labute approximate surface area is 142 Å². The topological polar surface area (TPSA) is 46.6 Å². The molecule has 0 unspecified atom stereocenters. The van der Waals surface area contributed by atoms with Gasteiger partial charge in [-0.1, -0.05) is 48.0 Å². The molecule has 0 aromatic heterocycles. The van der Waals surface area contributed by atoms with Crippen LogP contribution in [-0.2, 0) is 14.3 Å². The van der Waals surface area contributed by atoms with Gasteiger partial charge in [0, 0.05) is 18.8 Å². The SMILES string of the molecule is Cc1ccc(/C=C/C(=O)O[C@@H](C)C(=O)N(C)c2ccccc2)cc1. The maximum absolute atomic E-state index is 12.3. The molecule has 4 nitrogen and oxygen atoms in total. The van der Waals surface area contributed by atoms with Crippen LogP contribution in [0.2, 0.25) is 0 Å². The Bertz CT molecular complexity index is 720. The van der Waals surface area contributed by atoms with Gasteiger partial charge in [0.1, 0.15) is 0 Å². The third-order valence-corrected chi connectivity index (χ3v) is 3.60. The minimum atomic E-state index is -0.856. The average Bonchev–Trinajstić information content (AvgIpc) is 2.60. The summed E-state index contributed by atoms with van der Waals surface area (Å²) < 4.78 is 5.18. The van der Waals surface area contributed by atoms with Crippen molar-refractivity contribution in [3.63, 3.8) is 0 Å². The van der Waals surface area contributed by atoms with E-state index in [2.05, 4.69) is 0 Å². The maximum atomic E-state index is 12.3. The molecule has 0 aliphatic heterocycles. The number of ether oxygens (including phenoxy) is 1. The number of esters is 1. The van der Waals surface area contributed by atoms with Crippen LogP contribution in [-0.4, -0.2) is 25.0 Å². The fourth-order valence-corrected chi connectivity index (χ4v) is 2.16. The van der Waals surface area contributed by atoms with Crippen molar-refractivity contribution in [2.24, 2.45) is 0 Å². The first-order chi connectivity index (χ1) is 11.5. The molecule has 0 N–H and O–H groups in total. The fourth-order valence-electron chi connectivity index (χ4n) is 2.16. The van der Waals surface area contributed by atoms with Crippen molar-refractivity contribution in [3.05, 3.63) is 71.8 Å². The van der Waals surface area contributed by atoms with E-state index in [9.17, 15) is 9.59 Å². The highest BCUT2D eigenvalue weighted by atomic mass is 16.5. The van der Waals surface area contributed by atoms with Crippen molar-refractivity contribution in [2.75, 3.05) is 11.9 Å². The molecular formula is C20H21NO3. The summed E-state index contributed by atoms with van der Waals surface area (Å²) in [7, 11) is 1.66. The number of anilines is 1. The van der Waals surface area contributed by atoms with E-state index < -0.39 is 12.1 Å². The van der Waals surface area contributed by atoms with Gasteiger partial charge in [-0.25, -0.2) is 4.79 Å². The smallest absolute Gasteiger partial charge is 0.331 e. The second-order valence-corrected chi connectivity index (χ2v) is 5.56. The molecule has 0 saturated carbocycles. The number of aryl methyl sites for hydroxylation is 1. The van der Waals surface area contributed by atoms with Gasteiger partial charge in [0.25, 0.3) is 5.91 Å². The molecule has 0 bridgehead atoms. The Morgan fingerprint density at radius 1 is 1.04 bits per heavy atom. The molecule has 0 fully saturated rings. The number of rotatable bonds is 5. The Balaban J connectivity index is 1.93. The Morgan fingerprint density at radius 2 is 1.67 bits per heavy atom. The monoisotopic (exact) mass is 323 g/mol. The van der Waals surface area contributed by atoms with Crippen LogP contribution in [0.25, 0.3) is 6.08 Å². The van der Waals surface area contributed by atoms with E-state index in [1.165, 1.54) is 11.0 Å².